The molecule has 3 heteroatoms. The number of aliphatic hydroxyl groups is 1. The van der Waals surface area contributed by atoms with Gasteiger partial charge in [0.2, 0.25) is 0 Å². The van der Waals surface area contributed by atoms with Crippen LogP contribution in [0.25, 0.3) is 4.85 Å². The molecule has 15 heavy (non-hydrogen) atoms. The largest absolute Gasteiger partial charge is 0.384 e. The minimum Gasteiger partial charge on any atom is -0.384 e. The number of terminal acetylenes is 1. The fraction of sp³-hybridized carbons (Fsp3) is 0.250. The van der Waals surface area contributed by atoms with Crippen molar-refractivity contribution in [3.8, 4) is 12.3 Å². The highest BCUT2D eigenvalue weighted by Gasteiger charge is 2.25. The van der Waals surface area contributed by atoms with E-state index in [4.69, 9.17) is 24.6 Å². The SMILES string of the molecule is [C-]#[N+]C(c1ccc(Cl)cc1)C(O)CC#C. The summed E-state index contributed by atoms with van der Waals surface area (Å²) in [5.74, 6) is 2.34. The second-order valence-corrected chi connectivity index (χ2v) is 3.54. The van der Waals surface area contributed by atoms with Crippen LogP contribution in [0.5, 0.6) is 0 Å². The van der Waals surface area contributed by atoms with Gasteiger partial charge in [-0.3, -0.25) is 0 Å². The molecule has 0 bridgehead atoms. The molecule has 2 nitrogen and oxygen atoms in total. The summed E-state index contributed by atoms with van der Waals surface area (Å²) in [5.41, 5.74) is 0.733. The summed E-state index contributed by atoms with van der Waals surface area (Å²) in [7, 11) is 0. The van der Waals surface area contributed by atoms with E-state index in [-0.39, 0.29) is 6.42 Å². The molecule has 0 spiro atoms. The zero-order valence-electron chi connectivity index (χ0n) is 8.02. The second kappa shape index (κ2) is 5.41. The molecule has 2 unspecified atom stereocenters. The van der Waals surface area contributed by atoms with Gasteiger partial charge in [0, 0.05) is 17.0 Å². The Morgan fingerprint density at radius 1 is 1.47 bits per heavy atom. The van der Waals surface area contributed by atoms with E-state index < -0.39 is 12.1 Å². The minimum absolute atomic E-state index is 0.176. The first-order chi connectivity index (χ1) is 7.19. The third kappa shape index (κ3) is 2.99. The lowest BCUT2D eigenvalue weighted by Gasteiger charge is -2.10. The molecule has 0 fully saturated rings. The Morgan fingerprint density at radius 2 is 2.07 bits per heavy atom. The average Bonchev–Trinajstić information content (AvgIpc) is 2.22. The van der Waals surface area contributed by atoms with Crippen molar-refractivity contribution in [2.75, 3.05) is 0 Å². The van der Waals surface area contributed by atoms with Gasteiger partial charge in [-0.25, -0.2) is 6.57 Å². The molecule has 0 saturated heterocycles. The molecule has 0 radical (unpaired) electrons. The summed E-state index contributed by atoms with van der Waals surface area (Å²) in [5, 5.41) is 10.2. The van der Waals surface area contributed by atoms with Crippen LogP contribution in [0, 0.1) is 18.9 Å². The summed E-state index contributed by atoms with van der Waals surface area (Å²) in [6.45, 7) is 7.02. The third-order valence-electron chi connectivity index (χ3n) is 2.04. The normalized spacial score (nSPS) is 13.6. The second-order valence-electron chi connectivity index (χ2n) is 3.10. The first-order valence-corrected chi connectivity index (χ1v) is 4.80. The molecule has 2 atom stereocenters. The van der Waals surface area contributed by atoms with E-state index in [1.54, 1.807) is 24.3 Å². The molecule has 76 valence electrons. The first kappa shape index (κ1) is 11.6. The van der Waals surface area contributed by atoms with Crippen LogP contribution in [0.2, 0.25) is 5.02 Å². The highest BCUT2D eigenvalue weighted by atomic mass is 35.5. The van der Waals surface area contributed by atoms with Gasteiger partial charge in [-0.15, -0.1) is 12.3 Å². The van der Waals surface area contributed by atoms with E-state index in [0.29, 0.717) is 5.02 Å². The van der Waals surface area contributed by atoms with E-state index in [2.05, 4.69) is 10.8 Å². The molecule has 1 aromatic rings. The molecule has 1 aromatic carbocycles. The maximum absolute atomic E-state index is 9.64. The van der Waals surface area contributed by atoms with E-state index in [1.807, 2.05) is 0 Å². The van der Waals surface area contributed by atoms with E-state index in [0.717, 1.165) is 5.56 Å². The molecule has 0 aliphatic rings. The molecule has 0 amide bonds. The standard InChI is InChI=1S/C12H10ClNO/c1-3-4-11(15)12(14-2)9-5-7-10(13)8-6-9/h1,5-8,11-12,15H,4H2. The van der Waals surface area contributed by atoms with Crippen LogP contribution in [0.15, 0.2) is 24.3 Å². The van der Waals surface area contributed by atoms with Crippen molar-refractivity contribution in [2.45, 2.75) is 18.6 Å². The molecular formula is C12H10ClNO. The fourth-order valence-electron chi connectivity index (χ4n) is 1.28. The number of hydrogen-bond donors (Lipinski definition) is 1. The van der Waals surface area contributed by atoms with E-state index >= 15 is 0 Å². The van der Waals surface area contributed by atoms with Gasteiger partial charge < -0.3 is 9.95 Å². The van der Waals surface area contributed by atoms with Gasteiger partial charge in [0.15, 0.2) is 0 Å². The van der Waals surface area contributed by atoms with Crippen LogP contribution in [0.1, 0.15) is 18.0 Å². The smallest absolute Gasteiger partial charge is 0.275 e. The first-order valence-electron chi connectivity index (χ1n) is 4.42. The van der Waals surface area contributed by atoms with Crippen LogP contribution in [-0.4, -0.2) is 11.2 Å². The van der Waals surface area contributed by atoms with Crippen molar-refractivity contribution in [1.29, 1.82) is 0 Å². The molecule has 0 aromatic heterocycles. The Kier molecular flexibility index (Phi) is 4.18. The Morgan fingerprint density at radius 3 is 2.53 bits per heavy atom. The predicted octanol–water partition coefficient (Wildman–Crippen LogP) is 2.68. The molecule has 0 heterocycles. The molecule has 1 rings (SSSR count). The van der Waals surface area contributed by atoms with Crippen LogP contribution >= 0.6 is 11.6 Å². The summed E-state index contributed by atoms with van der Waals surface area (Å²) >= 11 is 5.73. The lowest BCUT2D eigenvalue weighted by molar-refractivity contribution is 0.164. The van der Waals surface area contributed by atoms with E-state index in [9.17, 15) is 5.11 Å². The van der Waals surface area contributed by atoms with Crippen molar-refractivity contribution in [2.24, 2.45) is 0 Å². The van der Waals surface area contributed by atoms with Crippen molar-refractivity contribution in [3.05, 3.63) is 46.3 Å². The van der Waals surface area contributed by atoms with Crippen LogP contribution in [-0.2, 0) is 0 Å². The van der Waals surface area contributed by atoms with Gasteiger partial charge in [-0.2, -0.15) is 0 Å². The van der Waals surface area contributed by atoms with Gasteiger partial charge in [0.05, 0.1) is 0 Å². The Hall–Kier alpha value is -1.48. The van der Waals surface area contributed by atoms with Crippen molar-refractivity contribution in [1.82, 2.24) is 0 Å². The zero-order chi connectivity index (χ0) is 11.3. The molecule has 0 aliphatic heterocycles. The van der Waals surface area contributed by atoms with Crippen molar-refractivity contribution in [3.63, 3.8) is 0 Å². The molecular weight excluding hydrogens is 210 g/mol. The quantitative estimate of drug-likeness (QED) is 0.614. The van der Waals surface area contributed by atoms with Gasteiger partial charge in [0.25, 0.3) is 6.04 Å². The molecule has 0 aliphatic carbocycles. The highest BCUT2D eigenvalue weighted by Crippen LogP contribution is 2.24. The van der Waals surface area contributed by atoms with Gasteiger partial charge in [-0.1, -0.05) is 11.6 Å². The lowest BCUT2D eigenvalue weighted by atomic mass is 10.0. The predicted molar refractivity (Wildman–Crippen MR) is 60.3 cm³/mol. The van der Waals surface area contributed by atoms with Gasteiger partial charge in [-0.05, 0) is 24.3 Å². The van der Waals surface area contributed by atoms with Gasteiger partial charge in [0.1, 0.15) is 6.10 Å². The van der Waals surface area contributed by atoms with Gasteiger partial charge >= 0.3 is 0 Å². The molecule has 1 N–H and O–H groups in total. The number of aliphatic hydroxyl groups excluding tert-OH is 1. The van der Waals surface area contributed by atoms with E-state index in [1.165, 1.54) is 0 Å². The van der Waals surface area contributed by atoms with Crippen molar-refractivity contribution >= 4 is 11.6 Å². The summed E-state index contributed by atoms with van der Waals surface area (Å²) in [4.78, 5) is 3.37. The fourth-order valence-corrected chi connectivity index (χ4v) is 1.40. The number of hydrogen-bond acceptors (Lipinski definition) is 1. The maximum atomic E-state index is 9.64. The Bertz CT molecular complexity index is 399. The van der Waals surface area contributed by atoms with Crippen LogP contribution in [0.3, 0.4) is 0 Å². The Balaban J connectivity index is 2.89. The zero-order valence-corrected chi connectivity index (χ0v) is 8.78. The number of benzene rings is 1. The summed E-state index contributed by atoms with van der Waals surface area (Å²) in [6, 6.07) is 6.23. The summed E-state index contributed by atoms with van der Waals surface area (Å²) < 4.78 is 0. The monoisotopic (exact) mass is 219 g/mol. The number of rotatable bonds is 3. The minimum atomic E-state index is -0.825. The highest BCUT2D eigenvalue weighted by molar-refractivity contribution is 6.30. The topological polar surface area (TPSA) is 24.6 Å². The summed E-state index contributed by atoms with van der Waals surface area (Å²) in [6.07, 6.45) is 4.44. The lowest BCUT2D eigenvalue weighted by Crippen LogP contribution is -2.14. The maximum Gasteiger partial charge on any atom is 0.275 e. The average molecular weight is 220 g/mol. The molecule has 0 saturated carbocycles. The number of halogens is 1. The third-order valence-corrected chi connectivity index (χ3v) is 2.29. The van der Waals surface area contributed by atoms with Crippen LogP contribution < -0.4 is 0 Å². The Labute approximate surface area is 94.3 Å². The van der Waals surface area contributed by atoms with Crippen LogP contribution in [0.4, 0.5) is 0 Å². The number of nitrogens with zero attached hydrogens (tertiary/aromatic N) is 1. The van der Waals surface area contributed by atoms with Crippen molar-refractivity contribution < 1.29 is 5.11 Å².